The number of allylic oxidation sites excluding steroid dienone is 21. The fourth-order valence-corrected chi connectivity index (χ4v) is 16.1. The van der Waals surface area contributed by atoms with Crippen LogP contribution in [-0.2, 0) is 84.6 Å². The lowest BCUT2D eigenvalue weighted by Gasteiger charge is -2.50. The van der Waals surface area contributed by atoms with Crippen LogP contribution < -0.4 is 63.6 Å². The highest BCUT2D eigenvalue weighted by Crippen LogP contribution is 2.57. The minimum absolute atomic E-state index is 0.0675. The summed E-state index contributed by atoms with van der Waals surface area (Å²) in [4.78, 5) is 144. The Kier molecular flexibility index (Phi) is 57.8. The van der Waals surface area contributed by atoms with Crippen LogP contribution in [0.25, 0.3) is 0 Å². The van der Waals surface area contributed by atoms with Crippen LogP contribution in [0.2, 0.25) is 0 Å². The number of nitrogens with two attached hydrogens (primary N) is 1. The van der Waals surface area contributed by atoms with Gasteiger partial charge in [-0.1, -0.05) is 128 Å². The second kappa shape index (κ2) is 63.5. The van der Waals surface area contributed by atoms with Crippen molar-refractivity contribution in [3.63, 3.8) is 0 Å². The van der Waals surface area contributed by atoms with Gasteiger partial charge in [0.1, 0.15) is 79.0 Å². The number of hydrogen-bond donors (Lipinski definition) is 13. The summed E-state index contributed by atoms with van der Waals surface area (Å²) in [6.45, 7) is 30.2. The van der Waals surface area contributed by atoms with Crippen molar-refractivity contribution in [3.05, 3.63) is 128 Å². The lowest BCUT2D eigenvalue weighted by Crippen LogP contribution is -2.70. The van der Waals surface area contributed by atoms with Crippen LogP contribution in [0.5, 0.6) is 0 Å². The van der Waals surface area contributed by atoms with Gasteiger partial charge in [-0.2, -0.15) is 0 Å². The first-order chi connectivity index (χ1) is 61.1. The number of hydrogen-bond acceptors (Lipinski definition) is 25. The third kappa shape index (κ3) is 50.4. The molecular formula is C94H155N9O25P2-2. The highest BCUT2D eigenvalue weighted by molar-refractivity contribution is 7.59. The molecule has 2 rings (SSSR count). The first kappa shape index (κ1) is 118. The van der Waals surface area contributed by atoms with Crippen LogP contribution in [-0.4, -0.2) is 198 Å². The van der Waals surface area contributed by atoms with E-state index in [1.54, 1.807) is 6.92 Å². The number of amides is 8. The van der Waals surface area contributed by atoms with Gasteiger partial charge in [0.2, 0.25) is 47.3 Å². The third-order valence-corrected chi connectivity index (χ3v) is 24.7. The minimum Gasteiger partial charge on any atom is -0.756 e. The summed E-state index contributed by atoms with van der Waals surface area (Å²) >= 11 is 0. The van der Waals surface area contributed by atoms with E-state index in [9.17, 15) is 87.6 Å². The van der Waals surface area contributed by atoms with Crippen LogP contribution in [0.4, 0.5) is 0 Å². The van der Waals surface area contributed by atoms with Gasteiger partial charge in [0.15, 0.2) is 12.6 Å². The van der Waals surface area contributed by atoms with Gasteiger partial charge in [-0.3, -0.25) is 52.0 Å². The van der Waals surface area contributed by atoms with Crippen LogP contribution in [0.15, 0.2) is 128 Å². The van der Waals surface area contributed by atoms with Gasteiger partial charge < -0.3 is 112 Å². The molecule has 2 aliphatic rings. The molecule has 0 radical (unpaired) electrons. The number of phosphoric acid groups is 2. The number of rotatable bonds is 63. The van der Waals surface area contributed by atoms with E-state index in [4.69, 9.17) is 33.7 Å². The van der Waals surface area contributed by atoms with Gasteiger partial charge in [-0.05, 0) is 265 Å². The Labute approximate surface area is 771 Å². The summed E-state index contributed by atoms with van der Waals surface area (Å²) in [5, 5.41) is 70.6. The number of nitrogens with one attached hydrogen (secondary N) is 7. The monoisotopic (exact) mass is 1870 g/mol. The number of aliphatic hydroxyl groups is 4. The summed E-state index contributed by atoms with van der Waals surface area (Å²) < 4.78 is 65.5. The molecule has 0 spiro atoms. The van der Waals surface area contributed by atoms with Gasteiger partial charge in [0.05, 0.1) is 38.4 Å². The maximum Gasteiger partial charge on any atom is 0.276 e. The van der Waals surface area contributed by atoms with Crippen molar-refractivity contribution in [1.82, 2.24) is 37.2 Å². The molecular weight excluding hydrogens is 1720 g/mol. The SMILES string of the molecule is CC(=O)N[C@H]1[C@H](O[C@H]2[C@H](O[C@H](C)C(=O)N[C@@H](C)C(=O)N[C@H](CCC(=O)N[C@@H](CCCC[NH3+])C(=O)N[C@H](C)C(=O)N[C@H](C)C(=O)[O-])C(N)=O)[C@@H](NC(C)=O)[C@@H](OP(=O)([O-])OP(=O)([O-])OC/C=C(/C)CC/C=C(/C)CC/C=C(/C)CC/C=C(/C)CC/C=C(/C)CC/C=C(/C)CC/C=C(/C)CC/C=C(/C)CC/C=C(\C)CC/C=C(\C)CCC=C(C)C)O[C@@H]2CO)O[C@H](CO)[C@@H](O)[C@@H]1O. The smallest absolute Gasteiger partial charge is 0.276 e. The van der Waals surface area contributed by atoms with Crippen LogP contribution in [0.3, 0.4) is 0 Å². The van der Waals surface area contributed by atoms with E-state index in [2.05, 4.69) is 177 Å². The maximum absolute atomic E-state index is 14.1. The number of ether oxygens (including phenoxy) is 4. The van der Waals surface area contributed by atoms with E-state index < -0.39 is 199 Å². The number of aliphatic hydroxyl groups excluding tert-OH is 4. The Morgan fingerprint density at radius 1 is 0.438 bits per heavy atom. The first-order valence-electron chi connectivity index (χ1n) is 45.5. The molecule has 36 heteroatoms. The number of phosphoric ester groups is 2. The predicted molar refractivity (Wildman–Crippen MR) is 492 cm³/mol. The predicted octanol–water partition coefficient (Wildman–Crippen LogP) is 8.44. The molecule has 2 aliphatic heterocycles. The summed E-state index contributed by atoms with van der Waals surface area (Å²) in [5.41, 5.74) is 24.1. The molecule has 34 nitrogen and oxygen atoms in total. The zero-order valence-corrected chi connectivity index (χ0v) is 81.9. The fraction of sp³-hybridized carbons (Fsp3) is 0.670. The van der Waals surface area contributed by atoms with Crippen molar-refractivity contribution in [1.29, 1.82) is 0 Å². The minimum atomic E-state index is -6.25. The molecule has 18 atom stereocenters. The van der Waals surface area contributed by atoms with E-state index in [0.29, 0.717) is 37.8 Å². The van der Waals surface area contributed by atoms with E-state index in [1.807, 2.05) is 6.92 Å². The van der Waals surface area contributed by atoms with Gasteiger partial charge in [-0.15, -0.1) is 0 Å². The molecule has 8 amide bonds. The summed E-state index contributed by atoms with van der Waals surface area (Å²) in [7, 11) is -12.1. The lowest BCUT2D eigenvalue weighted by molar-refractivity contribution is -0.368. The van der Waals surface area contributed by atoms with Crippen molar-refractivity contribution >= 4 is 68.9 Å². The average molecular weight is 1870 g/mol. The molecule has 16 N–H and O–H groups in total. The molecule has 2 fully saturated rings. The largest absolute Gasteiger partial charge is 0.756 e. The van der Waals surface area contributed by atoms with Crippen molar-refractivity contribution in [3.8, 4) is 0 Å². The number of unbranched alkanes of at least 4 members (excludes halogenated alkanes) is 1. The number of primary amides is 1. The Balaban J connectivity index is 2.08. The third-order valence-electron chi connectivity index (χ3n) is 22.1. The number of quaternary nitrogens is 1. The fourth-order valence-electron chi connectivity index (χ4n) is 14.1. The Hall–Kier alpha value is -7.73. The van der Waals surface area contributed by atoms with Gasteiger partial charge in [-0.25, -0.2) is 4.31 Å². The van der Waals surface area contributed by atoms with E-state index in [0.717, 1.165) is 156 Å². The summed E-state index contributed by atoms with van der Waals surface area (Å²) in [5.74, 6) is -9.23. The molecule has 0 saturated carbocycles. The quantitative estimate of drug-likeness (QED) is 0.0154. The van der Waals surface area contributed by atoms with Gasteiger partial charge in [0.25, 0.3) is 15.6 Å². The number of aliphatic carboxylic acids is 1. The maximum atomic E-state index is 14.1. The van der Waals surface area contributed by atoms with E-state index in [1.165, 1.54) is 63.2 Å². The van der Waals surface area contributed by atoms with Crippen molar-refractivity contribution in [2.45, 2.75) is 383 Å². The molecule has 2 unspecified atom stereocenters. The molecule has 0 aromatic carbocycles. The normalized spacial score (nSPS) is 22.4. The number of carboxylic acid groups (broad SMARTS) is 1. The van der Waals surface area contributed by atoms with E-state index >= 15 is 0 Å². The van der Waals surface area contributed by atoms with Crippen LogP contribution in [0, 0.1) is 0 Å². The molecule has 130 heavy (non-hydrogen) atoms. The zero-order chi connectivity index (χ0) is 98.0. The standard InChI is InChI=1S/C94H157N9O25P2/c1-59(2)31-21-32-60(3)33-22-34-61(4)35-23-36-62(5)37-24-38-63(6)39-25-40-64(7)41-26-42-65(8)43-27-44-66(9)45-28-46-67(10)47-29-48-68(11)49-30-50-69(12)54-56-122-129(118,119)128-130(120,121)127-94-82(101-75(18)107)86(85(79(58-105)125-94)126-93-81(100-74(17)106)84(110)83(109)78(57-104)124-93)123-73(16)90(114)97-71(14)89(113)103-76(87(96)111)52-53-80(108)102-77(51-19-20-55-95)91(115)98-70(13)88(112)99-72(15)92(116)117/h31,33,35,37,39,41,43,45,47,49,54,70-73,76-79,81-86,93-94,104-105,109-110H,19-30,32,34,36,38,40,42,44,46,48,50-53,55-58,95H2,1-18H3,(H2,96,111)(H,97,114)(H,98,115)(H,99,112)(H,100,106)(H,101,107)(H,102,108)(H,103,113)(H,116,117)(H,118,119)(H,120,121)/p-2/b60-33+,61-35+,62-37-,63-39-,64-41-,65-43-,66-45-,67-47-,68-49-,69-54-/t70-,71+,72-,73-,76-,77+,78-,79-,81-,82-,83-,84-,85-,86-,93+,94-/m1/s1. The van der Waals surface area contributed by atoms with Crippen molar-refractivity contribution in [2.24, 2.45) is 5.73 Å². The van der Waals surface area contributed by atoms with Crippen LogP contribution in [0.1, 0.15) is 285 Å². The molecule has 0 bridgehead atoms. The van der Waals surface area contributed by atoms with Gasteiger partial charge >= 0.3 is 0 Å². The van der Waals surface area contributed by atoms with E-state index in [-0.39, 0.29) is 6.42 Å². The van der Waals surface area contributed by atoms with Crippen molar-refractivity contribution < 1.29 is 126 Å². The second-order valence-corrected chi connectivity index (χ2v) is 37.7. The lowest BCUT2D eigenvalue weighted by atomic mass is 9.94. The topological polar surface area (TPSA) is 540 Å². The first-order valence-corrected chi connectivity index (χ1v) is 48.4. The highest BCUT2D eigenvalue weighted by atomic mass is 31.3. The molecule has 0 aromatic heterocycles. The van der Waals surface area contributed by atoms with Crippen LogP contribution >= 0.6 is 15.6 Å². The van der Waals surface area contributed by atoms with Gasteiger partial charge in [0, 0.05) is 20.3 Å². The Morgan fingerprint density at radius 2 is 0.815 bits per heavy atom. The number of carbonyl (C=O) groups excluding carboxylic acids is 9. The Morgan fingerprint density at radius 3 is 1.20 bits per heavy atom. The second-order valence-electron chi connectivity index (χ2n) is 34.8. The molecule has 2 saturated heterocycles. The summed E-state index contributed by atoms with van der Waals surface area (Å²) in [6, 6.07) is -10.8. The molecule has 2 heterocycles. The number of carboxylic acids is 1. The molecule has 0 aromatic rings. The van der Waals surface area contributed by atoms with Crippen molar-refractivity contribution in [2.75, 3.05) is 26.4 Å². The zero-order valence-electron chi connectivity index (χ0n) is 80.1. The average Bonchev–Trinajstić information content (AvgIpc) is 0.764. The number of carbonyl (C=O) groups is 9. The molecule has 738 valence electrons. The molecule has 0 aliphatic carbocycles. The Bertz CT molecular complexity index is 4070. The highest BCUT2D eigenvalue weighted by Gasteiger charge is 2.54. The summed E-state index contributed by atoms with van der Waals surface area (Å²) in [6.07, 6.45) is 27.1.